The summed E-state index contributed by atoms with van der Waals surface area (Å²) in [6.45, 7) is 0. The zero-order valence-corrected chi connectivity index (χ0v) is 7.10. The number of halogens is 3. The molecule has 4 heteroatoms. The van der Waals surface area contributed by atoms with Crippen molar-refractivity contribution in [3.63, 3.8) is 0 Å². The van der Waals surface area contributed by atoms with Crippen molar-refractivity contribution in [2.45, 2.75) is 6.42 Å². The number of nitriles is 1. The Morgan fingerprint density at radius 1 is 1.21 bits per heavy atom. The van der Waals surface area contributed by atoms with Crippen LogP contribution in [0.5, 0.6) is 0 Å². The van der Waals surface area contributed by atoms with Gasteiger partial charge in [0.05, 0.1) is 12.5 Å². The van der Waals surface area contributed by atoms with E-state index in [4.69, 9.17) is 5.26 Å². The molecule has 0 saturated heterocycles. The molecule has 1 aromatic carbocycles. The Morgan fingerprint density at radius 3 is 2.29 bits per heavy atom. The topological polar surface area (TPSA) is 23.8 Å². The van der Waals surface area contributed by atoms with Crippen LogP contribution in [0, 0.1) is 28.8 Å². The number of allylic oxidation sites excluding steroid dienone is 1. The van der Waals surface area contributed by atoms with E-state index in [-0.39, 0.29) is 12.0 Å². The highest BCUT2D eigenvalue weighted by Crippen LogP contribution is 2.14. The maximum absolute atomic E-state index is 12.6. The fourth-order valence-electron chi connectivity index (χ4n) is 0.919. The lowest BCUT2D eigenvalue weighted by Gasteiger charge is -1.97. The van der Waals surface area contributed by atoms with Crippen LogP contribution in [0.1, 0.15) is 12.0 Å². The van der Waals surface area contributed by atoms with Crippen molar-refractivity contribution in [1.82, 2.24) is 0 Å². The lowest BCUT2D eigenvalue weighted by Crippen LogP contribution is -1.90. The van der Waals surface area contributed by atoms with Gasteiger partial charge in [-0.2, -0.15) is 5.26 Å². The molecule has 0 aliphatic heterocycles. The average Bonchev–Trinajstić information content (AvgIpc) is 2.14. The smallest absolute Gasteiger partial charge is 0.194 e. The van der Waals surface area contributed by atoms with Gasteiger partial charge in [0.25, 0.3) is 0 Å². The summed E-state index contributed by atoms with van der Waals surface area (Å²) in [6.07, 6.45) is 2.93. The molecule has 1 aromatic rings. The van der Waals surface area contributed by atoms with E-state index in [0.717, 1.165) is 12.1 Å². The number of nitrogens with zero attached hydrogens (tertiary/aromatic N) is 1. The molecule has 0 fully saturated rings. The second kappa shape index (κ2) is 4.47. The molecule has 0 N–H and O–H groups in total. The van der Waals surface area contributed by atoms with Crippen LogP contribution in [-0.2, 0) is 0 Å². The van der Waals surface area contributed by atoms with Crippen LogP contribution in [0.25, 0.3) is 6.08 Å². The molecule has 0 spiro atoms. The average molecular weight is 197 g/mol. The highest BCUT2D eigenvalue weighted by molar-refractivity contribution is 5.49. The fourth-order valence-corrected chi connectivity index (χ4v) is 0.919. The Bertz CT molecular complexity index is 381. The second-order valence-corrected chi connectivity index (χ2v) is 2.56. The third kappa shape index (κ3) is 2.36. The molecule has 0 heterocycles. The van der Waals surface area contributed by atoms with Crippen molar-refractivity contribution in [3.05, 3.63) is 41.2 Å². The third-order valence-electron chi connectivity index (χ3n) is 1.53. The first-order valence-electron chi connectivity index (χ1n) is 3.83. The van der Waals surface area contributed by atoms with Gasteiger partial charge in [0.1, 0.15) is 0 Å². The van der Waals surface area contributed by atoms with E-state index in [1.807, 2.05) is 6.07 Å². The van der Waals surface area contributed by atoms with Gasteiger partial charge in [0.15, 0.2) is 17.5 Å². The summed E-state index contributed by atoms with van der Waals surface area (Å²) in [5, 5.41) is 8.19. The maximum atomic E-state index is 12.6. The summed E-state index contributed by atoms with van der Waals surface area (Å²) < 4.78 is 37.7. The van der Waals surface area contributed by atoms with Crippen LogP contribution >= 0.6 is 0 Å². The number of hydrogen-bond acceptors (Lipinski definition) is 1. The molecule has 0 bridgehead atoms. The maximum Gasteiger partial charge on any atom is 0.194 e. The van der Waals surface area contributed by atoms with E-state index in [2.05, 4.69) is 0 Å². The minimum atomic E-state index is -1.48. The van der Waals surface area contributed by atoms with Crippen molar-refractivity contribution in [1.29, 1.82) is 5.26 Å². The molecule has 0 radical (unpaired) electrons. The molecule has 0 aliphatic carbocycles. The fraction of sp³-hybridized carbons (Fsp3) is 0.100. The Morgan fingerprint density at radius 2 is 1.79 bits per heavy atom. The Balaban J connectivity index is 2.96. The van der Waals surface area contributed by atoms with Crippen molar-refractivity contribution >= 4 is 6.08 Å². The molecule has 1 rings (SSSR count). The zero-order valence-electron chi connectivity index (χ0n) is 7.10. The van der Waals surface area contributed by atoms with Crippen molar-refractivity contribution in [2.24, 2.45) is 0 Å². The van der Waals surface area contributed by atoms with E-state index in [0.29, 0.717) is 0 Å². The summed E-state index contributed by atoms with van der Waals surface area (Å²) >= 11 is 0. The molecule has 1 nitrogen and oxygen atoms in total. The first-order chi connectivity index (χ1) is 6.65. The molecule has 0 saturated carbocycles. The summed E-state index contributed by atoms with van der Waals surface area (Å²) in [5.74, 6) is -3.95. The van der Waals surface area contributed by atoms with Gasteiger partial charge < -0.3 is 0 Å². The standard InChI is InChI=1S/C10H6F3N/c11-8-5-7(3-1-2-4-14)6-9(12)10(8)13/h1,3,5-6H,2H2. The van der Waals surface area contributed by atoms with E-state index < -0.39 is 17.5 Å². The predicted molar refractivity (Wildman–Crippen MR) is 45.6 cm³/mol. The third-order valence-corrected chi connectivity index (χ3v) is 1.53. The van der Waals surface area contributed by atoms with Crippen LogP contribution in [0.3, 0.4) is 0 Å². The SMILES string of the molecule is N#CCC=Cc1cc(F)c(F)c(F)c1. The molecule has 14 heavy (non-hydrogen) atoms. The summed E-state index contributed by atoms with van der Waals surface area (Å²) in [4.78, 5) is 0. The van der Waals surface area contributed by atoms with Gasteiger partial charge in [-0.05, 0) is 17.7 Å². The van der Waals surface area contributed by atoms with E-state index >= 15 is 0 Å². The normalized spacial score (nSPS) is 10.4. The van der Waals surface area contributed by atoms with E-state index in [1.54, 1.807) is 0 Å². The van der Waals surface area contributed by atoms with Crippen molar-refractivity contribution < 1.29 is 13.2 Å². The monoisotopic (exact) mass is 197 g/mol. The van der Waals surface area contributed by atoms with Gasteiger partial charge in [-0.1, -0.05) is 12.2 Å². The number of rotatable bonds is 2. The van der Waals surface area contributed by atoms with Crippen LogP contribution in [-0.4, -0.2) is 0 Å². The highest BCUT2D eigenvalue weighted by atomic mass is 19.2. The summed E-state index contributed by atoms with van der Waals surface area (Å²) in [7, 11) is 0. The molecule has 0 atom stereocenters. The molecule has 0 amide bonds. The first kappa shape index (κ1) is 10.3. The van der Waals surface area contributed by atoms with Gasteiger partial charge in [-0.25, -0.2) is 13.2 Å². The molecule has 72 valence electrons. The largest absolute Gasteiger partial charge is 0.204 e. The predicted octanol–water partition coefficient (Wildman–Crippen LogP) is 3.03. The highest BCUT2D eigenvalue weighted by Gasteiger charge is 2.08. The van der Waals surface area contributed by atoms with E-state index in [9.17, 15) is 13.2 Å². The van der Waals surface area contributed by atoms with Crippen LogP contribution in [0.15, 0.2) is 18.2 Å². The number of hydrogen-bond donors (Lipinski definition) is 0. The molecule has 0 aliphatic rings. The minimum Gasteiger partial charge on any atom is -0.204 e. The van der Waals surface area contributed by atoms with Crippen LogP contribution in [0.2, 0.25) is 0 Å². The van der Waals surface area contributed by atoms with Gasteiger partial charge in [-0.3, -0.25) is 0 Å². The lowest BCUT2D eigenvalue weighted by atomic mass is 10.2. The number of benzene rings is 1. The van der Waals surface area contributed by atoms with Crippen LogP contribution < -0.4 is 0 Å². The summed E-state index contributed by atoms with van der Waals surface area (Å²) in [5.41, 5.74) is 0.191. The lowest BCUT2D eigenvalue weighted by molar-refractivity contribution is 0.447. The molecule has 0 unspecified atom stereocenters. The quantitative estimate of drug-likeness (QED) is 0.668. The second-order valence-electron chi connectivity index (χ2n) is 2.56. The molecule has 0 aromatic heterocycles. The molecular formula is C10H6F3N. The van der Waals surface area contributed by atoms with Crippen LogP contribution in [0.4, 0.5) is 13.2 Å². The van der Waals surface area contributed by atoms with Crippen molar-refractivity contribution in [2.75, 3.05) is 0 Å². The van der Waals surface area contributed by atoms with Crippen molar-refractivity contribution in [3.8, 4) is 6.07 Å². The van der Waals surface area contributed by atoms with Gasteiger partial charge in [0.2, 0.25) is 0 Å². The minimum absolute atomic E-state index is 0.139. The summed E-state index contributed by atoms with van der Waals surface area (Å²) in [6, 6.07) is 3.56. The Hall–Kier alpha value is -1.76. The van der Waals surface area contributed by atoms with Gasteiger partial charge in [0, 0.05) is 0 Å². The van der Waals surface area contributed by atoms with Gasteiger partial charge in [-0.15, -0.1) is 0 Å². The Kier molecular flexibility index (Phi) is 3.29. The molecular weight excluding hydrogens is 191 g/mol. The van der Waals surface area contributed by atoms with E-state index in [1.165, 1.54) is 12.2 Å². The zero-order chi connectivity index (χ0) is 10.6. The Labute approximate surface area is 79.1 Å². The van der Waals surface area contributed by atoms with Gasteiger partial charge >= 0.3 is 0 Å². The first-order valence-corrected chi connectivity index (χ1v) is 3.83.